The van der Waals surface area contributed by atoms with Crippen molar-refractivity contribution in [1.29, 1.82) is 0 Å². The predicted octanol–water partition coefficient (Wildman–Crippen LogP) is 4.19. The third kappa shape index (κ3) is 4.41. The number of aryl methyl sites for hydroxylation is 1. The van der Waals surface area contributed by atoms with Crippen LogP contribution in [0.3, 0.4) is 0 Å². The number of para-hydroxylation sites is 1. The Labute approximate surface area is 143 Å². The number of nitrogens with one attached hydrogen (secondary N) is 2. The van der Waals surface area contributed by atoms with Crippen LogP contribution in [0.15, 0.2) is 42.5 Å². The van der Waals surface area contributed by atoms with Gasteiger partial charge in [-0.1, -0.05) is 24.3 Å². The van der Waals surface area contributed by atoms with Gasteiger partial charge >= 0.3 is 6.03 Å². The molecule has 0 atom stereocenters. The molecule has 0 radical (unpaired) electrons. The summed E-state index contributed by atoms with van der Waals surface area (Å²) in [5, 5.41) is 16.2. The molecule has 0 bridgehead atoms. The Morgan fingerprint density at radius 3 is 2.46 bits per heavy atom. The first-order chi connectivity index (χ1) is 11.5. The van der Waals surface area contributed by atoms with Crippen LogP contribution in [0.5, 0.6) is 5.75 Å². The topological polar surface area (TPSA) is 64.6 Å². The largest absolute Gasteiger partial charge is 0.507 e. The molecule has 2 aromatic carbocycles. The number of rotatable bonds is 6. The maximum Gasteiger partial charge on any atom is 0.321 e. The Kier molecular flexibility index (Phi) is 6.07. The lowest BCUT2D eigenvalue weighted by Crippen LogP contribution is -2.34. The van der Waals surface area contributed by atoms with E-state index in [9.17, 15) is 9.90 Å². The molecule has 128 valence electrons. The van der Waals surface area contributed by atoms with Gasteiger partial charge < -0.3 is 20.6 Å². The number of carbonyl (C=O) groups is 1. The normalized spacial score (nSPS) is 10.3. The smallest absolute Gasteiger partial charge is 0.321 e. The predicted molar refractivity (Wildman–Crippen MR) is 98.6 cm³/mol. The second-order valence-electron chi connectivity index (χ2n) is 5.62. The van der Waals surface area contributed by atoms with E-state index in [1.165, 1.54) is 0 Å². The summed E-state index contributed by atoms with van der Waals surface area (Å²) in [4.78, 5) is 13.8. The monoisotopic (exact) mass is 327 g/mol. The van der Waals surface area contributed by atoms with Crippen molar-refractivity contribution < 1.29 is 9.90 Å². The molecular weight excluding hydrogens is 302 g/mol. The Morgan fingerprint density at radius 2 is 1.75 bits per heavy atom. The quantitative estimate of drug-likeness (QED) is 0.745. The number of benzene rings is 2. The van der Waals surface area contributed by atoms with E-state index in [2.05, 4.69) is 10.6 Å². The highest BCUT2D eigenvalue weighted by molar-refractivity contribution is 5.89. The van der Waals surface area contributed by atoms with Crippen molar-refractivity contribution in [1.82, 2.24) is 4.90 Å². The van der Waals surface area contributed by atoms with Gasteiger partial charge in [0.25, 0.3) is 0 Å². The molecule has 0 fully saturated rings. The Bertz CT molecular complexity index is 697. The van der Waals surface area contributed by atoms with E-state index in [1.54, 1.807) is 4.90 Å². The first-order valence-corrected chi connectivity index (χ1v) is 8.22. The SMILES string of the molecule is CCN(CC)C(=O)Nc1cccc(NCc2cccc(C)c2O)c1. The van der Waals surface area contributed by atoms with Crippen LogP contribution in [-0.4, -0.2) is 29.1 Å². The van der Waals surface area contributed by atoms with Crippen molar-refractivity contribution in [3.63, 3.8) is 0 Å². The van der Waals surface area contributed by atoms with Crippen molar-refractivity contribution in [2.24, 2.45) is 0 Å². The molecule has 0 saturated heterocycles. The van der Waals surface area contributed by atoms with Gasteiger partial charge in [0, 0.05) is 36.6 Å². The van der Waals surface area contributed by atoms with Crippen LogP contribution in [0.1, 0.15) is 25.0 Å². The van der Waals surface area contributed by atoms with Gasteiger partial charge in [-0.25, -0.2) is 4.79 Å². The van der Waals surface area contributed by atoms with Crippen LogP contribution >= 0.6 is 0 Å². The summed E-state index contributed by atoms with van der Waals surface area (Å²) in [6, 6.07) is 13.1. The highest BCUT2D eigenvalue weighted by atomic mass is 16.3. The molecule has 0 spiro atoms. The minimum Gasteiger partial charge on any atom is -0.507 e. The Hall–Kier alpha value is -2.69. The summed E-state index contributed by atoms with van der Waals surface area (Å²) < 4.78 is 0. The second-order valence-corrected chi connectivity index (χ2v) is 5.62. The number of hydrogen-bond acceptors (Lipinski definition) is 3. The van der Waals surface area contributed by atoms with E-state index >= 15 is 0 Å². The fourth-order valence-electron chi connectivity index (χ4n) is 2.48. The van der Waals surface area contributed by atoms with E-state index in [-0.39, 0.29) is 6.03 Å². The fourth-order valence-corrected chi connectivity index (χ4v) is 2.48. The first-order valence-electron chi connectivity index (χ1n) is 8.22. The minimum atomic E-state index is -0.103. The Morgan fingerprint density at radius 1 is 1.08 bits per heavy atom. The summed E-state index contributed by atoms with van der Waals surface area (Å²) in [7, 11) is 0. The number of hydrogen-bond donors (Lipinski definition) is 3. The number of phenols is 1. The molecule has 5 nitrogen and oxygen atoms in total. The summed E-state index contributed by atoms with van der Waals surface area (Å²) in [5.41, 5.74) is 3.32. The van der Waals surface area contributed by atoms with E-state index in [4.69, 9.17) is 0 Å². The minimum absolute atomic E-state index is 0.103. The zero-order chi connectivity index (χ0) is 17.5. The zero-order valence-corrected chi connectivity index (χ0v) is 14.5. The number of carbonyl (C=O) groups excluding carboxylic acids is 1. The molecule has 0 aliphatic carbocycles. The number of phenolic OH excluding ortho intramolecular Hbond substituents is 1. The van der Waals surface area contributed by atoms with Gasteiger partial charge in [-0.15, -0.1) is 0 Å². The van der Waals surface area contributed by atoms with Gasteiger partial charge in [-0.3, -0.25) is 0 Å². The van der Waals surface area contributed by atoms with Gasteiger partial charge in [0.15, 0.2) is 0 Å². The Balaban J connectivity index is 2.02. The zero-order valence-electron chi connectivity index (χ0n) is 14.5. The number of amides is 2. The van der Waals surface area contributed by atoms with Crippen molar-refractivity contribution in [2.75, 3.05) is 23.7 Å². The van der Waals surface area contributed by atoms with E-state index in [0.29, 0.717) is 25.4 Å². The van der Waals surface area contributed by atoms with E-state index < -0.39 is 0 Å². The molecule has 0 heterocycles. The van der Waals surface area contributed by atoms with Crippen molar-refractivity contribution in [2.45, 2.75) is 27.3 Å². The molecular formula is C19H25N3O2. The van der Waals surface area contributed by atoms with Crippen LogP contribution < -0.4 is 10.6 Å². The summed E-state index contributed by atoms with van der Waals surface area (Å²) in [6.07, 6.45) is 0. The molecule has 0 aromatic heterocycles. The second kappa shape index (κ2) is 8.24. The third-order valence-electron chi connectivity index (χ3n) is 3.97. The maximum absolute atomic E-state index is 12.1. The summed E-state index contributed by atoms with van der Waals surface area (Å²) in [6.45, 7) is 7.65. The van der Waals surface area contributed by atoms with Crippen molar-refractivity contribution in [3.05, 3.63) is 53.6 Å². The number of aromatic hydroxyl groups is 1. The fraction of sp³-hybridized carbons (Fsp3) is 0.316. The molecule has 0 unspecified atom stereocenters. The molecule has 24 heavy (non-hydrogen) atoms. The van der Waals surface area contributed by atoms with Gasteiger partial charge in [-0.05, 0) is 44.5 Å². The van der Waals surface area contributed by atoms with Gasteiger partial charge in [-0.2, -0.15) is 0 Å². The average molecular weight is 327 g/mol. The van der Waals surface area contributed by atoms with Gasteiger partial charge in [0.05, 0.1) is 0 Å². The molecule has 5 heteroatoms. The van der Waals surface area contributed by atoms with E-state index in [1.807, 2.05) is 63.2 Å². The molecule has 0 aliphatic heterocycles. The standard InChI is InChI=1S/C19H25N3O2/c1-4-22(5-2)19(24)21-17-11-7-10-16(12-17)20-13-15-9-6-8-14(3)18(15)23/h6-12,20,23H,4-5,13H2,1-3H3,(H,21,24). The number of urea groups is 1. The van der Waals surface area contributed by atoms with E-state index in [0.717, 1.165) is 22.5 Å². The highest BCUT2D eigenvalue weighted by Gasteiger charge is 2.09. The molecule has 2 aromatic rings. The lowest BCUT2D eigenvalue weighted by molar-refractivity contribution is 0.217. The van der Waals surface area contributed by atoms with Crippen molar-refractivity contribution >= 4 is 17.4 Å². The van der Waals surface area contributed by atoms with Crippen LogP contribution in [0.2, 0.25) is 0 Å². The average Bonchev–Trinajstić information content (AvgIpc) is 2.57. The lowest BCUT2D eigenvalue weighted by Gasteiger charge is -2.19. The number of anilines is 2. The van der Waals surface area contributed by atoms with Gasteiger partial charge in [0.2, 0.25) is 0 Å². The molecule has 0 aliphatic rings. The summed E-state index contributed by atoms with van der Waals surface area (Å²) >= 11 is 0. The number of nitrogens with zero attached hydrogens (tertiary/aromatic N) is 1. The maximum atomic E-state index is 12.1. The first kappa shape index (κ1) is 17.7. The molecule has 0 saturated carbocycles. The molecule has 2 rings (SSSR count). The van der Waals surface area contributed by atoms with Crippen LogP contribution in [0.4, 0.5) is 16.2 Å². The molecule has 3 N–H and O–H groups in total. The van der Waals surface area contributed by atoms with Crippen LogP contribution in [0.25, 0.3) is 0 Å². The van der Waals surface area contributed by atoms with Crippen LogP contribution in [0, 0.1) is 6.92 Å². The third-order valence-corrected chi connectivity index (χ3v) is 3.97. The highest BCUT2D eigenvalue weighted by Crippen LogP contribution is 2.23. The lowest BCUT2D eigenvalue weighted by atomic mass is 10.1. The summed E-state index contributed by atoms with van der Waals surface area (Å²) in [5.74, 6) is 0.316. The molecule has 2 amide bonds. The van der Waals surface area contributed by atoms with Gasteiger partial charge in [0.1, 0.15) is 5.75 Å². The van der Waals surface area contributed by atoms with Crippen LogP contribution in [-0.2, 0) is 6.54 Å². The van der Waals surface area contributed by atoms with Crippen molar-refractivity contribution in [3.8, 4) is 5.75 Å².